The fourth-order valence-electron chi connectivity index (χ4n) is 4.17. The Hall–Kier alpha value is -2.00. The molecule has 2 aliphatic heterocycles. The molecule has 1 fully saturated rings. The average molecular weight is 537 g/mol. The Labute approximate surface area is 201 Å². The summed E-state index contributed by atoms with van der Waals surface area (Å²) in [5.41, 5.74) is 2.62. The minimum absolute atomic E-state index is 0. The second-order valence-electron chi connectivity index (χ2n) is 7.90. The lowest BCUT2D eigenvalue weighted by Gasteiger charge is -2.38. The van der Waals surface area contributed by atoms with Gasteiger partial charge in [-0.1, -0.05) is 36.4 Å². The summed E-state index contributed by atoms with van der Waals surface area (Å²) in [6.45, 7) is 3.51. The normalized spacial score (nSPS) is 17.0. The molecule has 0 unspecified atom stereocenters. The molecule has 0 amide bonds. The van der Waals surface area contributed by atoms with Gasteiger partial charge in [-0.05, 0) is 48.9 Å². The van der Waals surface area contributed by atoms with Gasteiger partial charge in [0.2, 0.25) is 6.79 Å². The number of guanidine groups is 1. The second-order valence-corrected chi connectivity index (χ2v) is 7.90. The number of hydrogen-bond donors (Lipinski definition) is 2. The lowest BCUT2D eigenvalue weighted by molar-refractivity contribution is 0.0513. The lowest BCUT2D eigenvalue weighted by Crippen LogP contribution is -2.48. The lowest BCUT2D eigenvalue weighted by atomic mass is 9.74. The van der Waals surface area contributed by atoms with Crippen molar-refractivity contribution in [2.24, 2.45) is 4.99 Å². The summed E-state index contributed by atoms with van der Waals surface area (Å²) in [4.78, 5) is 4.42. The number of benzene rings is 2. The molecule has 2 aromatic rings. The van der Waals surface area contributed by atoms with Crippen molar-refractivity contribution in [3.8, 4) is 11.5 Å². The first-order chi connectivity index (χ1) is 14.8. The molecule has 2 aliphatic rings. The molecule has 168 valence electrons. The van der Waals surface area contributed by atoms with E-state index in [1.54, 1.807) is 0 Å². The quantitative estimate of drug-likeness (QED) is 0.243. The van der Waals surface area contributed by atoms with Gasteiger partial charge in [-0.15, -0.1) is 24.0 Å². The third-order valence-corrected chi connectivity index (χ3v) is 6.03. The minimum Gasteiger partial charge on any atom is -0.454 e. The van der Waals surface area contributed by atoms with E-state index in [1.165, 1.54) is 11.1 Å². The van der Waals surface area contributed by atoms with Crippen molar-refractivity contribution in [3.05, 3.63) is 59.7 Å². The van der Waals surface area contributed by atoms with Crippen LogP contribution in [0.1, 0.15) is 30.4 Å². The van der Waals surface area contributed by atoms with Crippen molar-refractivity contribution < 1.29 is 14.2 Å². The fourth-order valence-corrected chi connectivity index (χ4v) is 4.17. The van der Waals surface area contributed by atoms with Crippen LogP contribution in [0.15, 0.2) is 53.5 Å². The molecule has 31 heavy (non-hydrogen) atoms. The Balaban J connectivity index is 0.00000272. The zero-order valence-electron chi connectivity index (χ0n) is 18.1. The number of aryl methyl sites for hydroxylation is 1. The largest absolute Gasteiger partial charge is 0.454 e. The van der Waals surface area contributed by atoms with Gasteiger partial charge in [-0.3, -0.25) is 4.99 Å². The predicted molar refractivity (Wildman–Crippen MR) is 134 cm³/mol. The van der Waals surface area contributed by atoms with E-state index in [-0.39, 0.29) is 29.4 Å². The Morgan fingerprint density at radius 2 is 1.77 bits per heavy atom. The predicted octanol–water partition coefficient (Wildman–Crippen LogP) is 3.88. The number of hydrogen-bond acceptors (Lipinski definition) is 4. The van der Waals surface area contributed by atoms with E-state index in [9.17, 15) is 0 Å². The topological polar surface area (TPSA) is 64.1 Å². The van der Waals surface area contributed by atoms with Crippen molar-refractivity contribution in [2.75, 3.05) is 40.1 Å². The van der Waals surface area contributed by atoms with E-state index in [4.69, 9.17) is 14.2 Å². The van der Waals surface area contributed by atoms with Crippen LogP contribution in [0.2, 0.25) is 0 Å². The Bertz CT molecular complexity index is 854. The molecule has 0 radical (unpaired) electrons. The maximum absolute atomic E-state index is 5.66. The molecule has 2 N–H and O–H groups in total. The molecule has 0 atom stereocenters. The highest BCUT2D eigenvalue weighted by Crippen LogP contribution is 2.40. The molecular formula is C24H32IN3O3. The van der Waals surface area contributed by atoms with Crippen LogP contribution in [0.4, 0.5) is 0 Å². The fraction of sp³-hybridized carbons (Fsp3) is 0.458. The van der Waals surface area contributed by atoms with Crippen LogP contribution in [0.25, 0.3) is 0 Å². The highest BCUT2D eigenvalue weighted by molar-refractivity contribution is 14.0. The van der Waals surface area contributed by atoms with Crippen LogP contribution < -0.4 is 20.1 Å². The minimum atomic E-state index is -0.0130. The van der Waals surface area contributed by atoms with Gasteiger partial charge in [0.15, 0.2) is 17.5 Å². The Kier molecular flexibility index (Phi) is 8.83. The summed E-state index contributed by atoms with van der Waals surface area (Å²) in [7, 11) is 1.82. The Morgan fingerprint density at radius 3 is 2.55 bits per heavy atom. The van der Waals surface area contributed by atoms with Crippen LogP contribution in [-0.2, 0) is 16.6 Å². The van der Waals surface area contributed by atoms with Crippen LogP contribution in [0.3, 0.4) is 0 Å². The van der Waals surface area contributed by atoms with Crippen molar-refractivity contribution in [2.45, 2.75) is 31.1 Å². The van der Waals surface area contributed by atoms with Crippen molar-refractivity contribution >= 4 is 29.9 Å². The van der Waals surface area contributed by atoms with Gasteiger partial charge < -0.3 is 24.8 Å². The van der Waals surface area contributed by atoms with Gasteiger partial charge in [0.05, 0.1) is 0 Å². The molecule has 7 heteroatoms. The van der Waals surface area contributed by atoms with Crippen LogP contribution in [0.5, 0.6) is 11.5 Å². The van der Waals surface area contributed by atoms with Gasteiger partial charge in [0.25, 0.3) is 0 Å². The molecular weight excluding hydrogens is 505 g/mol. The van der Waals surface area contributed by atoms with E-state index in [2.05, 4.69) is 58.1 Å². The smallest absolute Gasteiger partial charge is 0.231 e. The number of aliphatic imine (C=N–C) groups is 1. The second kappa shape index (κ2) is 11.6. The van der Waals surface area contributed by atoms with E-state index >= 15 is 0 Å². The number of fused-ring (bicyclic) bond motifs is 1. The van der Waals surface area contributed by atoms with Crippen molar-refractivity contribution in [3.63, 3.8) is 0 Å². The molecule has 0 saturated carbocycles. The van der Waals surface area contributed by atoms with Crippen LogP contribution >= 0.6 is 24.0 Å². The van der Waals surface area contributed by atoms with Gasteiger partial charge in [0, 0.05) is 38.8 Å². The SMILES string of the molecule is CN=C(NCCCc1ccccc1)NCC1(c2ccc3c(c2)OCO3)CCOCC1.I. The van der Waals surface area contributed by atoms with Gasteiger partial charge in [0.1, 0.15) is 0 Å². The molecule has 2 aromatic carbocycles. The maximum atomic E-state index is 5.66. The van der Waals surface area contributed by atoms with Crippen molar-refractivity contribution in [1.29, 1.82) is 0 Å². The third kappa shape index (κ3) is 6.04. The molecule has 0 bridgehead atoms. The molecule has 0 spiro atoms. The molecule has 2 heterocycles. The monoisotopic (exact) mass is 537 g/mol. The zero-order valence-corrected chi connectivity index (χ0v) is 20.4. The molecule has 6 nitrogen and oxygen atoms in total. The third-order valence-electron chi connectivity index (χ3n) is 6.03. The first-order valence-electron chi connectivity index (χ1n) is 10.8. The zero-order chi connectivity index (χ0) is 20.7. The summed E-state index contributed by atoms with van der Waals surface area (Å²) < 4.78 is 16.8. The first-order valence-corrected chi connectivity index (χ1v) is 10.8. The van der Waals surface area contributed by atoms with E-state index in [1.807, 2.05) is 13.1 Å². The summed E-state index contributed by atoms with van der Waals surface area (Å²) in [5.74, 6) is 2.50. The summed E-state index contributed by atoms with van der Waals surface area (Å²) >= 11 is 0. The number of ether oxygens (including phenoxy) is 3. The summed E-state index contributed by atoms with van der Waals surface area (Å²) in [6.07, 6.45) is 4.05. The molecule has 0 aromatic heterocycles. The highest BCUT2D eigenvalue weighted by Gasteiger charge is 2.35. The van der Waals surface area contributed by atoms with Gasteiger partial charge in [-0.25, -0.2) is 0 Å². The number of rotatable bonds is 7. The van der Waals surface area contributed by atoms with Crippen LogP contribution in [-0.4, -0.2) is 46.1 Å². The summed E-state index contributed by atoms with van der Waals surface area (Å²) in [6, 6.07) is 16.9. The first kappa shape index (κ1) is 23.7. The molecule has 0 aliphatic carbocycles. The maximum Gasteiger partial charge on any atom is 0.231 e. The molecule has 1 saturated heterocycles. The molecule has 4 rings (SSSR count). The van der Waals surface area contributed by atoms with Crippen LogP contribution in [0, 0.1) is 0 Å². The van der Waals surface area contributed by atoms with Gasteiger partial charge in [-0.2, -0.15) is 0 Å². The Morgan fingerprint density at radius 1 is 1.00 bits per heavy atom. The summed E-state index contributed by atoms with van der Waals surface area (Å²) in [5, 5.41) is 7.01. The number of halogens is 1. The van der Waals surface area contributed by atoms with Gasteiger partial charge >= 0.3 is 0 Å². The standard InChI is InChI=1S/C24H31N3O3.HI/c1-25-23(26-13-5-8-19-6-3-2-4-7-19)27-17-24(11-14-28-15-12-24)20-9-10-21-22(16-20)30-18-29-21;/h2-4,6-7,9-10,16H,5,8,11-15,17-18H2,1H3,(H2,25,26,27);1H. The number of nitrogens with one attached hydrogen (secondary N) is 2. The average Bonchev–Trinajstić information content (AvgIpc) is 3.28. The highest BCUT2D eigenvalue weighted by atomic mass is 127. The van der Waals surface area contributed by atoms with E-state index in [0.29, 0.717) is 6.79 Å². The van der Waals surface area contributed by atoms with Crippen molar-refractivity contribution in [1.82, 2.24) is 10.6 Å². The number of nitrogens with zero attached hydrogens (tertiary/aromatic N) is 1. The van der Waals surface area contributed by atoms with E-state index in [0.717, 1.165) is 69.4 Å². The van der Waals surface area contributed by atoms with E-state index < -0.39 is 0 Å².